The normalized spacial score (nSPS) is 22.9. The van der Waals surface area contributed by atoms with Crippen molar-refractivity contribution in [1.29, 1.82) is 0 Å². The zero-order chi connectivity index (χ0) is 11.5. The molecule has 0 saturated heterocycles. The molecule has 0 bridgehead atoms. The Hall–Kier alpha value is -0.610. The second kappa shape index (κ2) is 5.15. The first-order valence-electron chi connectivity index (χ1n) is 5.31. The van der Waals surface area contributed by atoms with Crippen LogP contribution in [-0.2, 0) is 0 Å². The Kier molecular flexibility index (Phi) is 3.82. The third kappa shape index (κ3) is 3.19. The minimum atomic E-state index is 0.0613. The summed E-state index contributed by atoms with van der Waals surface area (Å²) in [5.74, 6) is 0.656. The fraction of sp³-hybridized carbons (Fsp3) is 0.417. The Morgan fingerprint density at radius 3 is 2.38 bits per heavy atom. The molecule has 16 heavy (non-hydrogen) atoms. The van der Waals surface area contributed by atoms with Crippen LogP contribution in [0.2, 0.25) is 0 Å². The van der Waals surface area contributed by atoms with Crippen molar-refractivity contribution in [3.63, 3.8) is 0 Å². The molecule has 0 spiro atoms. The van der Waals surface area contributed by atoms with Crippen molar-refractivity contribution in [2.45, 2.75) is 29.2 Å². The highest BCUT2D eigenvalue weighted by Crippen LogP contribution is 2.31. The molecule has 2 unspecified atom stereocenters. The summed E-state index contributed by atoms with van der Waals surface area (Å²) >= 11 is 2.98. The third-order valence-electron chi connectivity index (χ3n) is 2.68. The van der Waals surface area contributed by atoms with Gasteiger partial charge >= 0.3 is 0 Å². The van der Waals surface area contributed by atoms with E-state index in [-0.39, 0.29) is 5.24 Å². The van der Waals surface area contributed by atoms with Crippen molar-refractivity contribution in [3.8, 4) is 0 Å². The van der Waals surface area contributed by atoms with Crippen LogP contribution in [0.4, 0.5) is 4.79 Å². The monoisotopic (exact) mass is 253 g/mol. The van der Waals surface area contributed by atoms with Crippen molar-refractivity contribution >= 4 is 28.8 Å². The van der Waals surface area contributed by atoms with Crippen LogP contribution >= 0.6 is 23.5 Å². The van der Waals surface area contributed by atoms with Crippen LogP contribution in [0, 0.1) is 5.92 Å². The van der Waals surface area contributed by atoms with E-state index < -0.39 is 0 Å². The number of hydrogen-bond donors (Lipinski definition) is 1. The highest BCUT2D eigenvalue weighted by Gasteiger charge is 2.33. The van der Waals surface area contributed by atoms with E-state index in [1.807, 2.05) is 30.5 Å². The Bertz CT molecular complexity index is 377. The molecule has 2 rings (SSSR count). The second-order valence-electron chi connectivity index (χ2n) is 4.03. The lowest BCUT2D eigenvalue weighted by atomic mass is 10.4. The maximum atomic E-state index is 11.6. The number of hydrogen-bond acceptors (Lipinski definition) is 3. The molecule has 1 aliphatic carbocycles. The smallest absolute Gasteiger partial charge is 0.284 e. The van der Waals surface area contributed by atoms with Crippen LogP contribution in [-0.4, -0.2) is 17.5 Å². The van der Waals surface area contributed by atoms with Crippen LogP contribution in [0.5, 0.6) is 0 Å². The van der Waals surface area contributed by atoms with Crippen molar-refractivity contribution in [3.05, 3.63) is 24.3 Å². The first kappa shape index (κ1) is 11.9. The molecule has 1 aliphatic rings. The summed E-state index contributed by atoms with van der Waals surface area (Å²) in [6.45, 7) is 2.16. The van der Waals surface area contributed by atoms with Gasteiger partial charge in [0, 0.05) is 15.8 Å². The number of carbonyl (C=O) groups is 1. The fourth-order valence-corrected chi connectivity index (χ4v) is 2.56. The number of rotatable bonds is 3. The average Bonchev–Trinajstić information content (AvgIpc) is 2.95. The van der Waals surface area contributed by atoms with E-state index in [1.165, 1.54) is 16.7 Å². The van der Waals surface area contributed by atoms with Gasteiger partial charge < -0.3 is 5.32 Å². The van der Waals surface area contributed by atoms with Gasteiger partial charge in [0.15, 0.2) is 0 Å². The molecule has 86 valence electrons. The SMILES string of the molecule is CSc1ccc(SC(=O)NC2CC2C)cc1. The lowest BCUT2D eigenvalue weighted by Gasteiger charge is -2.03. The molecule has 1 N–H and O–H groups in total. The van der Waals surface area contributed by atoms with Gasteiger partial charge in [0.2, 0.25) is 0 Å². The maximum absolute atomic E-state index is 11.6. The Labute approximate surface area is 105 Å². The zero-order valence-electron chi connectivity index (χ0n) is 9.40. The van der Waals surface area contributed by atoms with Crippen molar-refractivity contribution in [1.82, 2.24) is 5.32 Å². The standard InChI is InChI=1S/C12H15NOS2/c1-8-7-11(8)13-12(14)16-10-5-3-9(15-2)4-6-10/h3-6,8,11H,7H2,1-2H3,(H,13,14). The highest BCUT2D eigenvalue weighted by molar-refractivity contribution is 8.13. The summed E-state index contributed by atoms with van der Waals surface area (Å²) in [7, 11) is 0. The summed E-state index contributed by atoms with van der Waals surface area (Å²) < 4.78 is 0. The van der Waals surface area contributed by atoms with Crippen molar-refractivity contribution < 1.29 is 4.79 Å². The molecular formula is C12H15NOS2. The zero-order valence-corrected chi connectivity index (χ0v) is 11.0. The van der Waals surface area contributed by atoms with Gasteiger partial charge in [-0.05, 0) is 54.6 Å². The topological polar surface area (TPSA) is 29.1 Å². The van der Waals surface area contributed by atoms with E-state index in [1.54, 1.807) is 11.8 Å². The second-order valence-corrected chi connectivity index (χ2v) is 5.95. The predicted octanol–water partition coefficient (Wildman–Crippen LogP) is 3.62. The lowest BCUT2D eigenvalue weighted by molar-refractivity contribution is 0.260. The summed E-state index contributed by atoms with van der Waals surface area (Å²) in [5.41, 5.74) is 0. The maximum Gasteiger partial charge on any atom is 0.284 e. The summed E-state index contributed by atoms with van der Waals surface area (Å²) in [5, 5.41) is 3.06. The molecule has 1 aromatic rings. The third-order valence-corrected chi connectivity index (χ3v) is 4.24. The van der Waals surface area contributed by atoms with Gasteiger partial charge in [-0.2, -0.15) is 0 Å². The molecule has 0 radical (unpaired) electrons. The minimum absolute atomic E-state index is 0.0613. The number of thioether (sulfide) groups is 2. The first-order chi connectivity index (χ1) is 7.69. The number of carbonyl (C=O) groups excluding carboxylic acids is 1. The molecule has 1 amide bonds. The number of amides is 1. The summed E-state index contributed by atoms with van der Waals surface area (Å²) in [6.07, 6.45) is 3.17. The van der Waals surface area contributed by atoms with E-state index in [9.17, 15) is 4.79 Å². The van der Waals surface area contributed by atoms with Gasteiger partial charge in [-0.3, -0.25) is 4.79 Å². The molecule has 0 aliphatic heterocycles. The van der Waals surface area contributed by atoms with Gasteiger partial charge in [0.25, 0.3) is 5.24 Å². The van der Waals surface area contributed by atoms with E-state index in [0.29, 0.717) is 12.0 Å². The summed E-state index contributed by atoms with van der Waals surface area (Å²) in [6, 6.07) is 8.48. The van der Waals surface area contributed by atoms with Crippen LogP contribution < -0.4 is 5.32 Å². The Morgan fingerprint density at radius 1 is 1.31 bits per heavy atom. The molecule has 0 aromatic heterocycles. The van der Waals surface area contributed by atoms with Gasteiger partial charge in [-0.15, -0.1) is 11.8 Å². The van der Waals surface area contributed by atoms with Crippen molar-refractivity contribution in [2.24, 2.45) is 5.92 Å². The van der Waals surface area contributed by atoms with Crippen molar-refractivity contribution in [2.75, 3.05) is 6.26 Å². The quantitative estimate of drug-likeness (QED) is 0.834. The van der Waals surface area contributed by atoms with E-state index in [4.69, 9.17) is 0 Å². The van der Waals surface area contributed by atoms with Crippen LogP contribution in [0.25, 0.3) is 0 Å². The van der Waals surface area contributed by atoms with E-state index in [2.05, 4.69) is 12.2 Å². The van der Waals surface area contributed by atoms with Crippen LogP contribution in [0.1, 0.15) is 13.3 Å². The van der Waals surface area contributed by atoms with E-state index in [0.717, 1.165) is 11.3 Å². The summed E-state index contributed by atoms with van der Waals surface area (Å²) in [4.78, 5) is 13.8. The van der Waals surface area contributed by atoms with Gasteiger partial charge in [0.05, 0.1) is 0 Å². The predicted molar refractivity (Wildman–Crippen MR) is 70.2 cm³/mol. The molecule has 2 nitrogen and oxygen atoms in total. The molecule has 1 fully saturated rings. The molecule has 1 aromatic carbocycles. The van der Waals surface area contributed by atoms with Crippen LogP contribution in [0.15, 0.2) is 34.1 Å². The highest BCUT2D eigenvalue weighted by atomic mass is 32.2. The Balaban J connectivity index is 1.85. The fourth-order valence-electron chi connectivity index (χ4n) is 1.45. The molecule has 4 heteroatoms. The first-order valence-corrected chi connectivity index (χ1v) is 7.35. The average molecular weight is 253 g/mol. The molecular weight excluding hydrogens is 238 g/mol. The minimum Gasteiger partial charge on any atom is -0.344 e. The van der Waals surface area contributed by atoms with Gasteiger partial charge in [-0.1, -0.05) is 6.92 Å². The number of nitrogens with one attached hydrogen (secondary N) is 1. The molecule has 1 saturated carbocycles. The molecule has 0 heterocycles. The largest absolute Gasteiger partial charge is 0.344 e. The lowest BCUT2D eigenvalue weighted by Crippen LogP contribution is -2.21. The van der Waals surface area contributed by atoms with Gasteiger partial charge in [-0.25, -0.2) is 0 Å². The van der Waals surface area contributed by atoms with Crippen LogP contribution in [0.3, 0.4) is 0 Å². The molecule has 2 atom stereocenters. The number of benzene rings is 1. The van der Waals surface area contributed by atoms with E-state index >= 15 is 0 Å². The Morgan fingerprint density at radius 2 is 1.88 bits per heavy atom. The van der Waals surface area contributed by atoms with Gasteiger partial charge in [0.1, 0.15) is 0 Å².